The van der Waals surface area contributed by atoms with Gasteiger partial charge in [0.1, 0.15) is 17.3 Å². The number of aromatic nitrogens is 5. The topological polar surface area (TPSA) is 102 Å². The number of carbonyl (C=O) groups excluding carboxylic acids is 1. The standard InChI is InChI=1S/C20H19N7O2/c1-12-10-26-3-4-27(11-19(26)24-12)20(28)25-18-6-14-5-16(17-9-21-13(2)29-17)22-7-15(14)8-23-18/h5-10H,3-4,11H2,1-2H3,(H,23,25,28). The van der Waals surface area contributed by atoms with Gasteiger partial charge in [-0.05, 0) is 24.4 Å². The number of nitrogens with one attached hydrogen (secondary N) is 1. The molecular weight excluding hydrogens is 370 g/mol. The van der Waals surface area contributed by atoms with E-state index in [4.69, 9.17) is 4.42 Å². The Morgan fingerprint density at radius 2 is 1.93 bits per heavy atom. The van der Waals surface area contributed by atoms with E-state index in [0.29, 0.717) is 36.3 Å². The van der Waals surface area contributed by atoms with Gasteiger partial charge in [0.15, 0.2) is 11.7 Å². The van der Waals surface area contributed by atoms with Crippen LogP contribution in [0.2, 0.25) is 0 Å². The third-order valence-electron chi connectivity index (χ3n) is 4.92. The Kier molecular flexibility index (Phi) is 4.01. The zero-order valence-corrected chi connectivity index (χ0v) is 16.1. The molecule has 5 heterocycles. The fourth-order valence-corrected chi connectivity index (χ4v) is 3.48. The molecule has 0 aromatic carbocycles. The lowest BCUT2D eigenvalue weighted by molar-refractivity contribution is 0.195. The van der Waals surface area contributed by atoms with Gasteiger partial charge in [0, 0.05) is 44.0 Å². The first-order chi connectivity index (χ1) is 14.0. The molecule has 0 saturated heterocycles. The summed E-state index contributed by atoms with van der Waals surface area (Å²) in [5.74, 6) is 2.57. The Hall–Kier alpha value is -3.75. The zero-order chi connectivity index (χ0) is 20.0. The number of oxazole rings is 1. The van der Waals surface area contributed by atoms with Gasteiger partial charge in [-0.25, -0.2) is 19.7 Å². The number of fused-ring (bicyclic) bond motifs is 2. The third-order valence-corrected chi connectivity index (χ3v) is 4.92. The molecule has 1 aliphatic heterocycles. The average molecular weight is 389 g/mol. The number of carbonyl (C=O) groups is 1. The minimum atomic E-state index is -0.191. The number of hydrogen-bond donors (Lipinski definition) is 1. The molecule has 0 aliphatic carbocycles. The monoisotopic (exact) mass is 389 g/mol. The molecular formula is C20H19N7O2. The molecule has 4 aromatic rings. The van der Waals surface area contributed by atoms with Crippen molar-refractivity contribution in [2.45, 2.75) is 26.9 Å². The van der Waals surface area contributed by atoms with E-state index < -0.39 is 0 Å². The summed E-state index contributed by atoms with van der Waals surface area (Å²) in [4.78, 5) is 31.8. The van der Waals surface area contributed by atoms with E-state index in [1.807, 2.05) is 25.3 Å². The predicted molar refractivity (Wildman–Crippen MR) is 106 cm³/mol. The predicted octanol–water partition coefficient (Wildman–Crippen LogP) is 3.15. The second-order valence-corrected chi connectivity index (χ2v) is 7.07. The Labute approximate surface area is 166 Å². The Balaban J connectivity index is 1.36. The van der Waals surface area contributed by atoms with Gasteiger partial charge in [-0.2, -0.15) is 0 Å². The molecule has 146 valence electrons. The van der Waals surface area contributed by atoms with Crippen molar-refractivity contribution in [3.05, 3.63) is 54.3 Å². The highest BCUT2D eigenvalue weighted by molar-refractivity contribution is 5.92. The third kappa shape index (κ3) is 3.31. The molecule has 29 heavy (non-hydrogen) atoms. The van der Waals surface area contributed by atoms with Crippen LogP contribution >= 0.6 is 0 Å². The fraction of sp³-hybridized carbons (Fsp3) is 0.250. The quantitative estimate of drug-likeness (QED) is 0.565. The van der Waals surface area contributed by atoms with Crippen LogP contribution in [0.4, 0.5) is 10.6 Å². The van der Waals surface area contributed by atoms with Crippen LogP contribution in [0.15, 0.2) is 41.3 Å². The minimum absolute atomic E-state index is 0.191. The number of amides is 2. The lowest BCUT2D eigenvalue weighted by Gasteiger charge is -2.27. The van der Waals surface area contributed by atoms with Gasteiger partial charge in [-0.1, -0.05) is 0 Å². The van der Waals surface area contributed by atoms with Crippen molar-refractivity contribution in [1.82, 2.24) is 29.4 Å². The highest BCUT2D eigenvalue weighted by Crippen LogP contribution is 2.24. The fourth-order valence-electron chi connectivity index (χ4n) is 3.48. The highest BCUT2D eigenvalue weighted by atomic mass is 16.4. The largest absolute Gasteiger partial charge is 0.439 e. The van der Waals surface area contributed by atoms with Gasteiger partial charge < -0.3 is 13.9 Å². The molecule has 0 saturated carbocycles. The summed E-state index contributed by atoms with van der Waals surface area (Å²) in [6.07, 6.45) is 7.08. The van der Waals surface area contributed by atoms with E-state index in [2.05, 4.69) is 29.8 Å². The molecule has 9 heteroatoms. The van der Waals surface area contributed by atoms with Crippen LogP contribution in [0.5, 0.6) is 0 Å². The second kappa shape index (κ2) is 6.69. The first-order valence-electron chi connectivity index (χ1n) is 9.32. The van der Waals surface area contributed by atoms with Crippen LogP contribution in [-0.2, 0) is 13.1 Å². The van der Waals surface area contributed by atoms with Crippen LogP contribution in [0.1, 0.15) is 17.4 Å². The SMILES string of the molecule is Cc1cn2c(n1)CN(C(=O)Nc1cc3cc(-c4cnc(C)o4)ncc3cn1)CC2. The number of rotatable bonds is 2. The summed E-state index contributed by atoms with van der Waals surface area (Å²) in [5.41, 5.74) is 1.64. The van der Waals surface area contributed by atoms with E-state index in [1.54, 1.807) is 30.4 Å². The molecule has 1 N–H and O–H groups in total. The van der Waals surface area contributed by atoms with Crippen LogP contribution < -0.4 is 5.32 Å². The molecule has 0 radical (unpaired) electrons. The number of hydrogen-bond acceptors (Lipinski definition) is 6. The van der Waals surface area contributed by atoms with Gasteiger partial charge in [0.25, 0.3) is 0 Å². The molecule has 0 unspecified atom stereocenters. The van der Waals surface area contributed by atoms with Crippen molar-refractivity contribution in [3.8, 4) is 11.5 Å². The van der Waals surface area contributed by atoms with Gasteiger partial charge >= 0.3 is 6.03 Å². The number of urea groups is 1. The first kappa shape index (κ1) is 17.4. The minimum Gasteiger partial charge on any atom is -0.439 e. The van der Waals surface area contributed by atoms with Crippen LogP contribution in [-0.4, -0.2) is 42.0 Å². The number of imidazole rings is 1. The van der Waals surface area contributed by atoms with Crippen molar-refractivity contribution in [3.63, 3.8) is 0 Å². The molecule has 4 aromatic heterocycles. The summed E-state index contributed by atoms with van der Waals surface area (Å²) < 4.78 is 7.64. The summed E-state index contributed by atoms with van der Waals surface area (Å²) in [5, 5.41) is 4.66. The Morgan fingerprint density at radius 1 is 1.07 bits per heavy atom. The van der Waals surface area contributed by atoms with Crippen LogP contribution in [0.3, 0.4) is 0 Å². The van der Waals surface area contributed by atoms with Crippen molar-refractivity contribution >= 4 is 22.6 Å². The van der Waals surface area contributed by atoms with E-state index >= 15 is 0 Å². The summed E-state index contributed by atoms with van der Waals surface area (Å²) in [6, 6.07) is 3.54. The molecule has 5 rings (SSSR count). The first-order valence-corrected chi connectivity index (χ1v) is 9.32. The molecule has 9 nitrogen and oxygen atoms in total. The maximum absolute atomic E-state index is 12.7. The lowest BCUT2D eigenvalue weighted by Crippen LogP contribution is -2.40. The second-order valence-electron chi connectivity index (χ2n) is 7.07. The van der Waals surface area contributed by atoms with Crippen molar-refractivity contribution < 1.29 is 9.21 Å². The van der Waals surface area contributed by atoms with Gasteiger partial charge in [0.2, 0.25) is 0 Å². The molecule has 1 aliphatic rings. The van der Waals surface area contributed by atoms with E-state index in [0.717, 1.165) is 28.8 Å². The molecule has 0 atom stereocenters. The molecule has 0 spiro atoms. The number of nitrogens with zero attached hydrogens (tertiary/aromatic N) is 6. The van der Waals surface area contributed by atoms with Gasteiger partial charge in [-0.15, -0.1) is 0 Å². The van der Waals surface area contributed by atoms with Crippen molar-refractivity contribution in [2.75, 3.05) is 11.9 Å². The summed E-state index contributed by atoms with van der Waals surface area (Å²) >= 11 is 0. The lowest BCUT2D eigenvalue weighted by atomic mass is 10.2. The van der Waals surface area contributed by atoms with Crippen molar-refractivity contribution in [2.24, 2.45) is 0 Å². The Morgan fingerprint density at radius 3 is 2.76 bits per heavy atom. The molecule has 2 amide bonds. The molecule has 0 bridgehead atoms. The Bertz CT molecular complexity index is 1230. The van der Waals surface area contributed by atoms with Crippen LogP contribution in [0.25, 0.3) is 22.2 Å². The zero-order valence-electron chi connectivity index (χ0n) is 16.1. The van der Waals surface area contributed by atoms with Crippen LogP contribution in [0, 0.1) is 13.8 Å². The normalized spacial score (nSPS) is 13.5. The average Bonchev–Trinajstić information content (AvgIpc) is 3.31. The summed E-state index contributed by atoms with van der Waals surface area (Å²) in [7, 11) is 0. The smallest absolute Gasteiger partial charge is 0.323 e. The summed E-state index contributed by atoms with van der Waals surface area (Å²) in [6.45, 7) is 5.59. The molecule has 0 fully saturated rings. The van der Waals surface area contributed by atoms with E-state index in [1.165, 1.54) is 0 Å². The number of aryl methyl sites for hydroxylation is 2. The van der Waals surface area contributed by atoms with Crippen molar-refractivity contribution in [1.29, 1.82) is 0 Å². The number of anilines is 1. The maximum Gasteiger partial charge on any atom is 0.323 e. The van der Waals surface area contributed by atoms with Gasteiger partial charge in [0.05, 0.1) is 18.4 Å². The highest BCUT2D eigenvalue weighted by Gasteiger charge is 2.22. The van der Waals surface area contributed by atoms with Gasteiger partial charge in [-0.3, -0.25) is 10.3 Å². The van der Waals surface area contributed by atoms with E-state index in [9.17, 15) is 4.79 Å². The number of pyridine rings is 2. The maximum atomic E-state index is 12.7. The van der Waals surface area contributed by atoms with E-state index in [-0.39, 0.29) is 6.03 Å².